The summed E-state index contributed by atoms with van der Waals surface area (Å²) in [6, 6.07) is 7.25. The summed E-state index contributed by atoms with van der Waals surface area (Å²) in [4.78, 5) is 85.3. The average molecular weight is 683 g/mol. The molecule has 5 rings (SSSR count). The van der Waals surface area contributed by atoms with E-state index in [0.717, 1.165) is 15.4 Å². The Morgan fingerprint density at radius 2 is 1.04 bits per heavy atom. The van der Waals surface area contributed by atoms with Gasteiger partial charge in [-0.3, -0.25) is 28.8 Å². The van der Waals surface area contributed by atoms with Crippen LogP contribution in [0.15, 0.2) is 35.1 Å². The molecule has 0 atom stereocenters. The summed E-state index contributed by atoms with van der Waals surface area (Å²) in [5, 5.41) is 1.35. The summed E-state index contributed by atoms with van der Waals surface area (Å²) < 4.78 is 5.08. The van der Waals surface area contributed by atoms with Crippen molar-refractivity contribution >= 4 is 57.6 Å². The van der Waals surface area contributed by atoms with Crippen LogP contribution in [0.5, 0.6) is 0 Å². The average Bonchev–Trinajstić information content (AvgIpc) is 3.61. The second-order valence-electron chi connectivity index (χ2n) is 13.7. The highest BCUT2D eigenvalue weighted by molar-refractivity contribution is 7.15. The van der Waals surface area contributed by atoms with Crippen molar-refractivity contribution in [2.75, 3.05) is 0 Å². The third kappa shape index (κ3) is 6.34. The van der Waals surface area contributed by atoms with Crippen molar-refractivity contribution < 1.29 is 33.2 Å². The molecule has 2 aliphatic carbocycles. The molecular weight excluding hydrogens is 640 g/mol. The van der Waals surface area contributed by atoms with Crippen LogP contribution in [0.25, 0.3) is 10.6 Å². The second kappa shape index (κ2) is 13.1. The minimum absolute atomic E-state index is 0.323. The SMILES string of the molecule is CC.Cc1ocnc1C1C(=O)C(C)(C)C(=O)C(C)(C)C1=O.Cc1sc(-c2ccc(Cl)cc2)nc1C1C(=O)C(C)(C)C(=O)C(C)(C)C1=O. The Kier molecular flexibility index (Phi) is 10.6. The fraction of sp³-hybridized carbons (Fsp3) is 0.500. The van der Waals surface area contributed by atoms with E-state index in [9.17, 15) is 28.8 Å². The first-order valence-corrected chi connectivity index (χ1v) is 16.7. The highest BCUT2D eigenvalue weighted by Crippen LogP contribution is 2.47. The number of aryl methyl sites for hydroxylation is 2. The molecule has 3 aromatic rings. The van der Waals surface area contributed by atoms with E-state index in [4.69, 9.17) is 16.0 Å². The minimum Gasteiger partial charge on any atom is -0.448 e. The van der Waals surface area contributed by atoms with Gasteiger partial charge in [-0.15, -0.1) is 11.3 Å². The molecule has 0 saturated heterocycles. The Morgan fingerprint density at radius 3 is 1.40 bits per heavy atom. The normalized spacial score (nSPS) is 20.4. The van der Waals surface area contributed by atoms with Gasteiger partial charge in [0.1, 0.15) is 22.6 Å². The van der Waals surface area contributed by atoms with Crippen LogP contribution in [-0.4, -0.2) is 44.7 Å². The Morgan fingerprint density at radius 1 is 0.660 bits per heavy atom. The zero-order valence-corrected chi connectivity index (χ0v) is 30.7. The molecule has 0 aliphatic heterocycles. The summed E-state index contributed by atoms with van der Waals surface area (Å²) >= 11 is 7.36. The van der Waals surface area contributed by atoms with Crippen LogP contribution in [0.4, 0.5) is 0 Å². The number of benzene rings is 1. The Bertz CT molecular complexity index is 1700. The van der Waals surface area contributed by atoms with E-state index in [-0.39, 0.29) is 23.1 Å². The van der Waals surface area contributed by atoms with Gasteiger partial charge in [-0.2, -0.15) is 0 Å². The van der Waals surface area contributed by atoms with Crippen LogP contribution in [0, 0.1) is 35.5 Å². The van der Waals surface area contributed by atoms with Crippen LogP contribution in [0.1, 0.15) is 103 Å². The number of Topliss-reactive ketones (excluding diaryl/α,β-unsaturated/α-hetero) is 6. The lowest BCUT2D eigenvalue weighted by Crippen LogP contribution is -2.56. The maximum absolute atomic E-state index is 13.0. The maximum atomic E-state index is 13.0. The number of ketones is 6. The number of oxazole rings is 1. The van der Waals surface area contributed by atoms with Gasteiger partial charge in [0, 0.05) is 15.5 Å². The molecule has 0 amide bonds. The number of carbonyl (C=O) groups is 6. The zero-order chi connectivity index (χ0) is 36.0. The number of halogens is 1. The van der Waals surface area contributed by atoms with Crippen LogP contribution in [0.2, 0.25) is 5.02 Å². The lowest BCUT2D eigenvalue weighted by molar-refractivity contribution is -0.159. The molecule has 2 aliphatic rings. The molecule has 1 aromatic carbocycles. The number of thiazole rings is 1. The zero-order valence-electron chi connectivity index (χ0n) is 29.1. The van der Waals surface area contributed by atoms with E-state index in [1.54, 1.807) is 74.4 Å². The minimum atomic E-state index is -1.21. The Labute approximate surface area is 284 Å². The van der Waals surface area contributed by atoms with E-state index in [0.29, 0.717) is 22.2 Å². The molecule has 252 valence electrons. The topological polar surface area (TPSA) is 141 Å². The largest absolute Gasteiger partial charge is 0.448 e. The van der Waals surface area contributed by atoms with Crippen molar-refractivity contribution in [3.8, 4) is 10.6 Å². The molecular formula is C36H43ClN2O7S. The quantitative estimate of drug-likeness (QED) is 0.257. The second-order valence-corrected chi connectivity index (χ2v) is 15.4. The summed E-state index contributed by atoms with van der Waals surface area (Å²) in [5.74, 6) is -3.80. The fourth-order valence-corrected chi connectivity index (χ4v) is 7.25. The van der Waals surface area contributed by atoms with E-state index in [1.165, 1.54) is 17.7 Å². The summed E-state index contributed by atoms with van der Waals surface area (Å²) in [7, 11) is 0. The third-order valence-corrected chi connectivity index (χ3v) is 10.3. The first-order chi connectivity index (χ1) is 21.6. The molecule has 2 saturated carbocycles. The smallest absolute Gasteiger partial charge is 0.181 e. The standard InChI is InChI=1S/C20H20ClNO3S.C14H17NO4.C2H6/c1-10-14(22-17(26-10)11-6-8-12(21)9-7-11)13-15(23)19(2,3)18(25)20(4,5)16(13)24;1-7-9(15-6-19-7)8-10(16)13(2,3)12(18)14(4,5)11(8)17;1-2/h6-9,13H,1-5H3;6,8H,1-5H3;1-2H3. The predicted molar refractivity (Wildman–Crippen MR) is 181 cm³/mol. The highest BCUT2D eigenvalue weighted by atomic mass is 35.5. The predicted octanol–water partition coefficient (Wildman–Crippen LogP) is 7.49. The molecule has 2 fully saturated rings. The van der Waals surface area contributed by atoms with Crippen LogP contribution >= 0.6 is 22.9 Å². The first-order valence-electron chi connectivity index (χ1n) is 15.5. The van der Waals surface area contributed by atoms with E-state index < -0.39 is 45.1 Å². The van der Waals surface area contributed by atoms with Crippen molar-refractivity contribution in [3.05, 3.63) is 57.7 Å². The van der Waals surface area contributed by atoms with Gasteiger partial charge in [-0.25, -0.2) is 9.97 Å². The van der Waals surface area contributed by atoms with Crippen molar-refractivity contribution in [1.82, 2.24) is 9.97 Å². The molecule has 11 heteroatoms. The summed E-state index contributed by atoms with van der Waals surface area (Å²) in [6.45, 7) is 20.1. The number of nitrogens with zero attached hydrogens (tertiary/aromatic N) is 2. The van der Waals surface area contributed by atoms with Gasteiger partial charge >= 0.3 is 0 Å². The number of hydrogen-bond acceptors (Lipinski definition) is 10. The highest BCUT2D eigenvalue weighted by Gasteiger charge is 2.60. The molecule has 0 unspecified atom stereocenters. The van der Waals surface area contributed by atoms with Gasteiger partial charge in [-0.05, 0) is 81.4 Å². The Balaban J connectivity index is 0.000000254. The molecule has 0 bridgehead atoms. The van der Waals surface area contributed by atoms with Crippen LogP contribution < -0.4 is 0 Å². The van der Waals surface area contributed by atoms with E-state index in [1.807, 2.05) is 32.9 Å². The Hall–Kier alpha value is -3.63. The van der Waals surface area contributed by atoms with Gasteiger partial charge in [-0.1, -0.05) is 37.6 Å². The number of hydrogen-bond donors (Lipinski definition) is 0. The van der Waals surface area contributed by atoms with Crippen molar-refractivity contribution in [2.45, 2.75) is 94.9 Å². The number of carbonyl (C=O) groups excluding carboxylic acids is 6. The van der Waals surface area contributed by atoms with E-state index >= 15 is 0 Å². The van der Waals surface area contributed by atoms with Crippen LogP contribution in [-0.2, 0) is 28.8 Å². The molecule has 0 spiro atoms. The molecule has 0 radical (unpaired) electrons. The number of rotatable bonds is 3. The van der Waals surface area contributed by atoms with Gasteiger partial charge < -0.3 is 4.42 Å². The van der Waals surface area contributed by atoms with Crippen LogP contribution in [0.3, 0.4) is 0 Å². The van der Waals surface area contributed by atoms with Crippen molar-refractivity contribution in [3.63, 3.8) is 0 Å². The van der Waals surface area contributed by atoms with Crippen molar-refractivity contribution in [1.29, 1.82) is 0 Å². The molecule has 2 heterocycles. The lowest BCUT2D eigenvalue weighted by Gasteiger charge is -2.40. The molecule has 47 heavy (non-hydrogen) atoms. The summed E-state index contributed by atoms with van der Waals surface area (Å²) in [5.41, 5.74) is -3.13. The molecule has 9 nitrogen and oxygen atoms in total. The number of aromatic nitrogens is 2. The van der Waals surface area contributed by atoms with Gasteiger partial charge in [0.25, 0.3) is 0 Å². The first kappa shape index (κ1) is 37.8. The lowest BCUT2D eigenvalue weighted by atomic mass is 9.58. The molecule has 2 aromatic heterocycles. The monoisotopic (exact) mass is 682 g/mol. The van der Waals surface area contributed by atoms with Gasteiger partial charge in [0.2, 0.25) is 0 Å². The van der Waals surface area contributed by atoms with Gasteiger partial charge in [0.15, 0.2) is 41.1 Å². The van der Waals surface area contributed by atoms with Gasteiger partial charge in [0.05, 0.1) is 33.0 Å². The maximum Gasteiger partial charge on any atom is 0.181 e. The molecule has 0 N–H and O–H groups in total. The third-order valence-electron chi connectivity index (χ3n) is 9.04. The fourth-order valence-electron chi connectivity index (χ4n) is 6.17. The van der Waals surface area contributed by atoms with Crippen molar-refractivity contribution in [2.24, 2.45) is 21.7 Å². The summed E-state index contributed by atoms with van der Waals surface area (Å²) in [6.07, 6.45) is 1.21. The van der Waals surface area contributed by atoms with E-state index in [2.05, 4.69) is 9.97 Å².